The summed E-state index contributed by atoms with van der Waals surface area (Å²) >= 11 is 0. The first-order chi connectivity index (χ1) is 12.1. The molecule has 26 heavy (non-hydrogen) atoms. The molecule has 0 fully saturated rings. The molecule has 1 heterocycles. The SMILES string of the molecule is CN(C)C(=NCc1ccccc1)NCCc1nn(C)c2ccccc12.I. The number of aromatic nitrogens is 2. The number of guanidine groups is 1. The zero-order chi connectivity index (χ0) is 17.6. The highest BCUT2D eigenvalue weighted by Gasteiger charge is 2.08. The molecule has 5 nitrogen and oxygen atoms in total. The highest BCUT2D eigenvalue weighted by molar-refractivity contribution is 14.0. The molecule has 1 aromatic heterocycles. The maximum Gasteiger partial charge on any atom is 0.193 e. The van der Waals surface area contributed by atoms with Crippen molar-refractivity contribution in [3.63, 3.8) is 0 Å². The van der Waals surface area contributed by atoms with Crippen LogP contribution in [0.2, 0.25) is 0 Å². The molecule has 0 unspecified atom stereocenters. The van der Waals surface area contributed by atoms with Gasteiger partial charge in [-0.25, -0.2) is 4.99 Å². The maximum atomic E-state index is 4.70. The number of halogens is 1. The van der Waals surface area contributed by atoms with Crippen LogP contribution in [0.3, 0.4) is 0 Å². The van der Waals surface area contributed by atoms with Crippen molar-refractivity contribution in [2.75, 3.05) is 20.6 Å². The quantitative estimate of drug-likeness (QED) is 0.358. The molecule has 2 aromatic carbocycles. The van der Waals surface area contributed by atoms with Crippen LogP contribution >= 0.6 is 24.0 Å². The van der Waals surface area contributed by atoms with Crippen LogP contribution in [0.5, 0.6) is 0 Å². The van der Waals surface area contributed by atoms with Crippen LogP contribution in [0.4, 0.5) is 0 Å². The lowest BCUT2D eigenvalue weighted by molar-refractivity contribution is 0.578. The Kier molecular flexibility index (Phi) is 7.44. The van der Waals surface area contributed by atoms with E-state index in [4.69, 9.17) is 4.99 Å². The van der Waals surface area contributed by atoms with Gasteiger partial charge in [0.25, 0.3) is 0 Å². The fourth-order valence-corrected chi connectivity index (χ4v) is 2.87. The Morgan fingerprint density at radius 1 is 1.08 bits per heavy atom. The molecule has 3 rings (SSSR count). The van der Waals surface area contributed by atoms with Crippen LogP contribution in [0.25, 0.3) is 10.9 Å². The predicted molar refractivity (Wildman–Crippen MR) is 119 cm³/mol. The van der Waals surface area contributed by atoms with Gasteiger partial charge in [-0.05, 0) is 11.6 Å². The van der Waals surface area contributed by atoms with Gasteiger partial charge >= 0.3 is 0 Å². The first-order valence-electron chi connectivity index (χ1n) is 8.55. The fourth-order valence-electron chi connectivity index (χ4n) is 2.87. The maximum absolute atomic E-state index is 4.70. The lowest BCUT2D eigenvalue weighted by atomic mass is 10.2. The largest absolute Gasteiger partial charge is 0.356 e. The number of nitrogens with one attached hydrogen (secondary N) is 1. The zero-order valence-corrected chi connectivity index (χ0v) is 17.8. The summed E-state index contributed by atoms with van der Waals surface area (Å²) in [7, 11) is 6.01. The Labute approximate surface area is 172 Å². The molecule has 6 heteroatoms. The number of aliphatic imine (C=N–C) groups is 1. The average Bonchev–Trinajstić information content (AvgIpc) is 2.95. The Balaban J connectivity index is 0.00000243. The van der Waals surface area contributed by atoms with E-state index in [0.717, 1.165) is 24.6 Å². The van der Waals surface area contributed by atoms with Crippen molar-refractivity contribution in [2.24, 2.45) is 12.0 Å². The highest BCUT2D eigenvalue weighted by atomic mass is 127. The minimum atomic E-state index is 0. The molecule has 0 saturated heterocycles. The summed E-state index contributed by atoms with van der Waals surface area (Å²) in [5.74, 6) is 0.893. The van der Waals surface area contributed by atoms with E-state index in [1.807, 2.05) is 55.0 Å². The molecule has 0 aliphatic heterocycles. The van der Waals surface area contributed by atoms with Gasteiger partial charge in [-0.15, -0.1) is 24.0 Å². The topological polar surface area (TPSA) is 45.4 Å². The van der Waals surface area contributed by atoms with Crippen molar-refractivity contribution in [3.05, 3.63) is 65.9 Å². The molecule has 1 N–H and O–H groups in total. The molecular weight excluding hydrogens is 437 g/mol. The third kappa shape index (κ3) is 4.97. The normalized spacial score (nSPS) is 11.3. The van der Waals surface area contributed by atoms with Gasteiger partial charge in [-0.2, -0.15) is 5.10 Å². The second-order valence-corrected chi connectivity index (χ2v) is 6.28. The van der Waals surface area contributed by atoms with Gasteiger partial charge in [-0.3, -0.25) is 4.68 Å². The lowest BCUT2D eigenvalue weighted by Gasteiger charge is -2.17. The predicted octanol–water partition coefficient (Wildman–Crippen LogP) is 3.44. The van der Waals surface area contributed by atoms with E-state index in [2.05, 4.69) is 40.7 Å². The third-order valence-corrected chi connectivity index (χ3v) is 4.16. The summed E-state index contributed by atoms with van der Waals surface area (Å²) in [6.07, 6.45) is 0.861. The fraction of sp³-hybridized carbons (Fsp3) is 0.300. The smallest absolute Gasteiger partial charge is 0.193 e. The minimum Gasteiger partial charge on any atom is -0.356 e. The number of benzene rings is 2. The first kappa shape index (κ1) is 20.2. The lowest BCUT2D eigenvalue weighted by Crippen LogP contribution is -2.37. The molecular formula is C20H26IN5. The van der Waals surface area contributed by atoms with Crippen molar-refractivity contribution in [3.8, 4) is 0 Å². The Hall–Kier alpha value is -2.09. The van der Waals surface area contributed by atoms with Crippen molar-refractivity contribution >= 4 is 40.8 Å². The van der Waals surface area contributed by atoms with Crippen molar-refractivity contribution in [1.82, 2.24) is 20.0 Å². The number of hydrogen-bond acceptors (Lipinski definition) is 2. The number of aryl methyl sites for hydroxylation is 1. The van der Waals surface area contributed by atoms with Crippen LogP contribution < -0.4 is 5.32 Å². The zero-order valence-electron chi connectivity index (χ0n) is 15.5. The Bertz CT molecular complexity index is 855. The Morgan fingerprint density at radius 3 is 2.50 bits per heavy atom. The van der Waals surface area contributed by atoms with Gasteiger partial charge in [-0.1, -0.05) is 48.5 Å². The van der Waals surface area contributed by atoms with Crippen LogP contribution in [-0.2, 0) is 20.0 Å². The van der Waals surface area contributed by atoms with Gasteiger partial charge in [0.15, 0.2) is 5.96 Å². The van der Waals surface area contributed by atoms with Crippen molar-refractivity contribution in [1.29, 1.82) is 0 Å². The number of hydrogen-bond donors (Lipinski definition) is 1. The molecule has 138 valence electrons. The van der Waals surface area contributed by atoms with E-state index in [0.29, 0.717) is 6.54 Å². The van der Waals surface area contributed by atoms with Crippen molar-refractivity contribution in [2.45, 2.75) is 13.0 Å². The summed E-state index contributed by atoms with van der Waals surface area (Å²) in [4.78, 5) is 6.71. The highest BCUT2D eigenvalue weighted by Crippen LogP contribution is 2.17. The summed E-state index contributed by atoms with van der Waals surface area (Å²) < 4.78 is 1.95. The molecule has 0 radical (unpaired) electrons. The van der Waals surface area contributed by atoms with E-state index in [9.17, 15) is 0 Å². The van der Waals surface area contributed by atoms with E-state index in [-0.39, 0.29) is 24.0 Å². The number of nitrogens with zero attached hydrogens (tertiary/aromatic N) is 4. The van der Waals surface area contributed by atoms with Gasteiger partial charge in [0.05, 0.1) is 17.8 Å². The standard InChI is InChI=1S/C20H25N5.HI/c1-24(2)20(22-15-16-9-5-4-6-10-16)21-14-13-18-17-11-7-8-12-19(17)25(3)23-18;/h4-12H,13-15H2,1-3H3,(H,21,22);1H. The van der Waals surface area contributed by atoms with Gasteiger partial charge in [0.2, 0.25) is 0 Å². The van der Waals surface area contributed by atoms with Crippen LogP contribution in [0.15, 0.2) is 59.6 Å². The summed E-state index contributed by atoms with van der Waals surface area (Å²) in [5, 5.41) is 9.31. The van der Waals surface area contributed by atoms with Gasteiger partial charge in [0.1, 0.15) is 0 Å². The molecule has 0 amide bonds. The van der Waals surface area contributed by atoms with E-state index < -0.39 is 0 Å². The van der Waals surface area contributed by atoms with Crippen LogP contribution in [0.1, 0.15) is 11.3 Å². The van der Waals surface area contributed by atoms with E-state index in [1.54, 1.807) is 0 Å². The van der Waals surface area contributed by atoms with Crippen LogP contribution in [-0.4, -0.2) is 41.3 Å². The molecule has 0 spiro atoms. The summed E-state index contributed by atoms with van der Waals surface area (Å²) in [6, 6.07) is 18.6. The van der Waals surface area contributed by atoms with Gasteiger partial charge in [0, 0.05) is 39.5 Å². The van der Waals surface area contributed by atoms with Crippen molar-refractivity contribution < 1.29 is 0 Å². The number of fused-ring (bicyclic) bond motifs is 1. The Morgan fingerprint density at radius 2 is 1.77 bits per heavy atom. The second-order valence-electron chi connectivity index (χ2n) is 6.28. The average molecular weight is 463 g/mol. The molecule has 3 aromatic rings. The molecule has 0 aliphatic rings. The van der Waals surface area contributed by atoms with Crippen LogP contribution in [0, 0.1) is 0 Å². The summed E-state index contributed by atoms with van der Waals surface area (Å²) in [5.41, 5.74) is 3.49. The van der Waals surface area contributed by atoms with Gasteiger partial charge < -0.3 is 10.2 Å². The van der Waals surface area contributed by atoms with E-state index in [1.165, 1.54) is 16.5 Å². The monoisotopic (exact) mass is 463 g/mol. The molecule has 0 saturated carbocycles. The molecule has 0 aliphatic carbocycles. The summed E-state index contributed by atoms with van der Waals surface area (Å²) in [6.45, 7) is 1.47. The van der Waals surface area contributed by atoms with E-state index >= 15 is 0 Å². The number of rotatable bonds is 5. The number of para-hydroxylation sites is 1. The molecule has 0 atom stereocenters. The third-order valence-electron chi connectivity index (χ3n) is 4.16. The molecule has 0 bridgehead atoms. The first-order valence-corrected chi connectivity index (χ1v) is 8.55. The second kappa shape index (κ2) is 9.56. The minimum absolute atomic E-state index is 0.